The van der Waals surface area contributed by atoms with Crippen LogP contribution in [0.3, 0.4) is 0 Å². The Morgan fingerprint density at radius 3 is 2.28 bits per heavy atom. The lowest BCUT2D eigenvalue weighted by Gasteiger charge is -2.33. The molecule has 0 bridgehead atoms. The number of carbonyl (C=O) groups excluding carboxylic acids is 1. The molecule has 3 rings (SSSR count). The Kier molecular flexibility index (Phi) is 7.19. The predicted octanol–water partition coefficient (Wildman–Crippen LogP) is 3.50. The SMILES string of the molecule is CCN1CCN(S(=O)(=O)c2ccc(NC(=O)Cc3ccc(Cl)cc3Cl)cc2)CC1. The fourth-order valence-electron chi connectivity index (χ4n) is 3.19. The standard InChI is InChI=1S/C20H23Cl2N3O3S/c1-2-24-9-11-25(12-10-24)29(27,28)18-7-5-17(6-8-18)23-20(26)13-15-3-4-16(21)14-19(15)22/h3-8,14H,2,9-13H2,1H3,(H,23,26). The van der Waals surface area contributed by atoms with Crippen molar-refractivity contribution < 1.29 is 13.2 Å². The molecular formula is C20H23Cl2N3O3S. The van der Waals surface area contributed by atoms with E-state index in [1.165, 1.54) is 16.4 Å². The van der Waals surface area contributed by atoms with Gasteiger partial charge in [0, 0.05) is 41.9 Å². The average Bonchev–Trinajstić information content (AvgIpc) is 2.70. The van der Waals surface area contributed by atoms with E-state index in [0.717, 1.165) is 19.6 Å². The summed E-state index contributed by atoms with van der Waals surface area (Å²) < 4.78 is 27.1. The molecule has 2 aromatic carbocycles. The van der Waals surface area contributed by atoms with E-state index in [4.69, 9.17) is 23.2 Å². The van der Waals surface area contributed by atoms with Crippen molar-refractivity contribution in [3.8, 4) is 0 Å². The second-order valence-corrected chi connectivity index (χ2v) is 9.60. The molecule has 0 radical (unpaired) electrons. The van der Waals surface area contributed by atoms with Crippen molar-refractivity contribution in [1.29, 1.82) is 0 Å². The number of nitrogens with one attached hydrogen (secondary N) is 1. The van der Waals surface area contributed by atoms with Crippen LogP contribution in [0.4, 0.5) is 5.69 Å². The van der Waals surface area contributed by atoms with Gasteiger partial charge < -0.3 is 10.2 Å². The minimum absolute atomic E-state index is 0.0950. The molecule has 2 aromatic rings. The van der Waals surface area contributed by atoms with Crippen LogP contribution in [0.2, 0.25) is 10.0 Å². The topological polar surface area (TPSA) is 69.7 Å². The molecule has 1 aliphatic rings. The summed E-state index contributed by atoms with van der Waals surface area (Å²) in [6.07, 6.45) is 0.0950. The number of nitrogens with zero attached hydrogens (tertiary/aromatic N) is 2. The van der Waals surface area contributed by atoms with Crippen LogP contribution < -0.4 is 5.32 Å². The third-order valence-electron chi connectivity index (χ3n) is 4.92. The number of carbonyl (C=O) groups is 1. The van der Waals surface area contributed by atoms with Crippen LogP contribution in [0.15, 0.2) is 47.4 Å². The summed E-state index contributed by atoms with van der Waals surface area (Å²) in [6, 6.07) is 11.2. The zero-order valence-corrected chi connectivity index (χ0v) is 18.4. The van der Waals surface area contributed by atoms with Crippen molar-refractivity contribution >= 4 is 44.8 Å². The molecule has 6 nitrogen and oxygen atoms in total. The van der Waals surface area contributed by atoms with E-state index in [2.05, 4.69) is 17.1 Å². The second kappa shape index (κ2) is 9.45. The van der Waals surface area contributed by atoms with Gasteiger partial charge in [-0.3, -0.25) is 4.79 Å². The molecule has 9 heteroatoms. The average molecular weight is 456 g/mol. The number of hydrogen-bond donors (Lipinski definition) is 1. The number of rotatable bonds is 6. The predicted molar refractivity (Wildman–Crippen MR) is 116 cm³/mol. The molecule has 0 saturated carbocycles. The Hall–Kier alpha value is -1.64. The van der Waals surface area contributed by atoms with Gasteiger partial charge in [0.2, 0.25) is 15.9 Å². The summed E-state index contributed by atoms with van der Waals surface area (Å²) in [5.74, 6) is -0.250. The van der Waals surface area contributed by atoms with Crippen molar-refractivity contribution in [2.45, 2.75) is 18.2 Å². The highest BCUT2D eigenvalue weighted by Gasteiger charge is 2.27. The van der Waals surface area contributed by atoms with Gasteiger partial charge in [-0.05, 0) is 48.5 Å². The first-order valence-corrected chi connectivity index (χ1v) is 11.6. The van der Waals surface area contributed by atoms with Gasteiger partial charge in [0.05, 0.1) is 11.3 Å². The highest BCUT2D eigenvalue weighted by Crippen LogP contribution is 2.23. The molecule has 29 heavy (non-hydrogen) atoms. The molecule has 1 fully saturated rings. The van der Waals surface area contributed by atoms with Crippen molar-refractivity contribution in [3.63, 3.8) is 0 Å². The fraction of sp³-hybridized carbons (Fsp3) is 0.350. The molecule has 1 aliphatic heterocycles. The van der Waals surface area contributed by atoms with Gasteiger partial charge in [0.25, 0.3) is 0 Å². The number of amides is 1. The molecule has 1 heterocycles. The number of piperazine rings is 1. The summed E-state index contributed by atoms with van der Waals surface area (Å²) in [5, 5.41) is 3.69. The van der Waals surface area contributed by atoms with E-state index in [0.29, 0.717) is 34.4 Å². The number of halogens is 2. The number of anilines is 1. The maximum atomic E-state index is 12.8. The quantitative estimate of drug-likeness (QED) is 0.723. The van der Waals surface area contributed by atoms with E-state index < -0.39 is 10.0 Å². The van der Waals surface area contributed by atoms with Crippen LogP contribution in [0.5, 0.6) is 0 Å². The lowest BCUT2D eigenvalue weighted by Crippen LogP contribution is -2.48. The molecule has 1 saturated heterocycles. The van der Waals surface area contributed by atoms with Gasteiger partial charge in [0.1, 0.15) is 0 Å². The molecule has 0 aliphatic carbocycles. The van der Waals surface area contributed by atoms with E-state index in [1.54, 1.807) is 30.3 Å². The van der Waals surface area contributed by atoms with Gasteiger partial charge in [-0.2, -0.15) is 4.31 Å². The molecule has 0 spiro atoms. The Labute approximate surface area is 181 Å². The first-order chi connectivity index (χ1) is 13.8. The first-order valence-electron chi connectivity index (χ1n) is 9.36. The third-order valence-corrected chi connectivity index (χ3v) is 7.42. The minimum atomic E-state index is -3.53. The minimum Gasteiger partial charge on any atom is -0.326 e. The van der Waals surface area contributed by atoms with Crippen molar-refractivity contribution in [3.05, 3.63) is 58.1 Å². The summed E-state index contributed by atoms with van der Waals surface area (Å²) in [7, 11) is -3.53. The van der Waals surface area contributed by atoms with Gasteiger partial charge in [-0.15, -0.1) is 0 Å². The van der Waals surface area contributed by atoms with Crippen LogP contribution in [-0.4, -0.2) is 56.3 Å². The van der Waals surface area contributed by atoms with Crippen molar-refractivity contribution in [1.82, 2.24) is 9.21 Å². The highest BCUT2D eigenvalue weighted by molar-refractivity contribution is 7.89. The number of benzene rings is 2. The van der Waals surface area contributed by atoms with E-state index >= 15 is 0 Å². The number of sulfonamides is 1. The Bertz CT molecular complexity index is 973. The first kappa shape index (κ1) is 22.1. The van der Waals surface area contributed by atoms with Gasteiger partial charge in [-0.25, -0.2) is 8.42 Å². The van der Waals surface area contributed by atoms with Crippen LogP contribution in [0, 0.1) is 0 Å². The lowest BCUT2D eigenvalue weighted by atomic mass is 10.1. The van der Waals surface area contributed by atoms with Crippen LogP contribution in [0.25, 0.3) is 0 Å². The monoisotopic (exact) mass is 455 g/mol. The second-order valence-electron chi connectivity index (χ2n) is 6.82. The smallest absolute Gasteiger partial charge is 0.243 e. The molecule has 0 aromatic heterocycles. The van der Waals surface area contributed by atoms with Gasteiger partial charge in [0.15, 0.2) is 0 Å². The van der Waals surface area contributed by atoms with Crippen LogP contribution in [0.1, 0.15) is 12.5 Å². The van der Waals surface area contributed by atoms with Gasteiger partial charge in [-0.1, -0.05) is 36.2 Å². The summed E-state index contributed by atoms with van der Waals surface area (Å²) in [4.78, 5) is 14.7. The van der Waals surface area contributed by atoms with Crippen LogP contribution in [-0.2, 0) is 21.2 Å². The van der Waals surface area contributed by atoms with Crippen molar-refractivity contribution in [2.75, 3.05) is 38.0 Å². The molecule has 1 N–H and O–H groups in total. The van der Waals surface area contributed by atoms with E-state index in [9.17, 15) is 13.2 Å². The summed E-state index contributed by atoms with van der Waals surface area (Å²) in [6.45, 7) is 5.42. The van der Waals surface area contributed by atoms with E-state index in [-0.39, 0.29) is 17.2 Å². The zero-order valence-electron chi connectivity index (χ0n) is 16.1. The summed E-state index contributed by atoms with van der Waals surface area (Å²) >= 11 is 12.0. The zero-order chi connectivity index (χ0) is 21.0. The largest absolute Gasteiger partial charge is 0.326 e. The molecule has 0 atom stereocenters. The van der Waals surface area contributed by atoms with E-state index in [1.807, 2.05) is 0 Å². The molecule has 1 amide bonds. The normalized spacial score (nSPS) is 16.0. The fourth-order valence-corrected chi connectivity index (χ4v) is 5.09. The van der Waals surface area contributed by atoms with Crippen molar-refractivity contribution in [2.24, 2.45) is 0 Å². The maximum absolute atomic E-state index is 12.8. The van der Waals surface area contributed by atoms with Gasteiger partial charge >= 0.3 is 0 Å². The van der Waals surface area contributed by atoms with Crippen LogP contribution >= 0.6 is 23.2 Å². The highest BCUT2D eigenvalue weighted by atomic mass is 35.5. The Morgan fingerprint density at radius 2 is 1.69 bits per heavy atom. The summed E-state index contributed by atoms with van der Waals surface area (Å²) in [5.41, 5.74) is 1.19. The molecule has 156 valence electrons. The lowest BCUT2D eigenvalue weighted by molar-refractivity contribution is -0.115. The number of likely N-dealkylation sites (N-methyl/N-ethyl adjacent to an activating group) is 1. The third kappa shape index (κ3) is 5.49. The molecular weight excluding hydrogens is 433 g/mol. The molecule has 0 unspecified atom stereocenters. The Morgan fingerprint density at radius 1 is 1.03 bits per heavy atom. The maximum Gasteiger partial charge on any atom is 0.243 e. The Balaban J connectivity index is 1.63. The number of hydrogen-bond acceptors (Lipinski definition) is 4.